The van der Waals surface area contributed by atoms with E-state index in [2.05, 4.69) is 34.6 Å². The van der Waals surface area contributed by atoms with E-state index in [4.69, 9.17) is 4.42 Å². The van der Waals surface area contributed by atoms with E-state index in [-0.39, 0.29) is 5.91 Å². The summed E-state index contributed by atoms with van der Waals surface area (Å²) < 4.78 is 5.63. The molecule has 0 radical (unpaired) electrons. The Balaban J connectivity index is 1.29. The van der Waals surface area contributed by atoms with E-state index in [0.717, 1.165) is 16.6 Å². The lowest BCUT2D eigenvalue weighted by Crippen LogP contribution is -2.10. The van der Waals surface area contributed by atoms with Crippen molar-refractivity contribution >= 4 is 33.3 Å². The molecule has 0 saturated heterocycles. The predicted octanol–water partition coefficient (Wildman–Crippen LogP) is 6.86. The lowest BCUT2D eigenvalue weighted by Gasteiger charge is -2.22. The molecular formula is C24H22N2O2S. The van der Waals surface area contributed by atoms with Gasteiger partial charge in [-0.1, -0.05) is 61.7 Å². The summed E-state index contributed by atoms with van der Waals surface area (Å²) in [5, 5.41) is 6.31. The Labute approximate surface area is 173 Å². The van der Waals surface area contributed by atoms with Crippen LogP contribution in [0.2, 0.25) is 0 Å². The Morgan fingerprint density at radius 3 is 2.62 bits per heavy atom. The molecule has 1 aliphatic rings. The summed E-state index contributed by atoms with van der Waals surface area (Å²) in [6, 6.07) is 18.1. The normalized spacial score (nSPS) is 14.9. The fourth-order valence-electron chi connectivity index (χ4n) is 4.08. The largest absolute Gasteiger partial charge is 0.451 e. The minimum atomic E-state index is -0.283. The van der Waals surface area contributed by atoms with Gasteiger partial charge in [0.1, 0.15) is 5.58 Å². The van der Waals surface area contributed by atoms with Gasteiger partial charge in [-0.2, -0.15) is 0 Å². The molecule has 5 rings (SSSR count). The number of furan rings is 1. The minimum Gasteiger partial charge on any atom is -0.451 e. The van der Waals surface area contributed by atoms with Crippen LogP contribution in [0.4, 0.5) is 5.13 Å². The Hall–Kier alpha value is -2.92. The minimum absolute atomic E-state index is 0.283. The molecular weight excluding hydrogens is 380 g/mol. The van der Waals surface area contributed by atoms with Crippen LogP contribution in [0.1, 0.15) is 54.1 Å². The number of amides is 1. The fraction of sp³-hybridized carbons (Fsp3) is 0.250. The van der Waals surface area contributed by atoms with Crippen molar-refractivity contribution in [1.29, 1.82) is 0 Å². The van der Waals surface area contributed by atoms with Crippen LogP contribution in [-0.2, 0) is 0 Å². The smallest absolute Gasteiger partial charge is 0.293 e. The molecule has 29 heavy (non-hydrogen) atoms. The first-order chi connectivity index (χ1) is 14.3. The summed E-state index contributed by atoms with van der Waals surface area (Å²) in [6.45, 7) is 0. The fourth-order valence-corrected chi connectivity index (χ4v) is 4.79. The molecule has 0 spiro atoms. The average molecular weight is 403 g/mol. The summed E-state index contributed by atoms with van der Waals surface area (Å²) >= 11 is 1.42. The van der Waals surface area contributed by atoms with E-state index < -0.39 is 0 Å². The molecule has 0 unspecified atom stereocenters. The highest BCUT2D eigenvalue weighted by Gasteiger charge is 2.17. The first-order valence-electron chi connectivity index (χ1n) is 10.1. The van der Waals surface area contributed by atoms with Crippen LogP contribution in [0.3, 0.4) is 0 Å². The number of rotatable bonds is 4. The number of fused-ring (bicyclic) bond motifs is 1. The van der Waals surface area contributed by atoms with Crippen molar-refractivity contribution in [2.45, 2.75) is 38.0 Å². The van der Waals surface area contributed by atoms with Gasteiger partial charge in [-0.15, -0.1) is 11.3 Å². The van der Waals surface area contributed by atoms with Crippen molar-refractivity contribution in [3.63, 3.8) is 0 Å². The maximum Gasteiger partial charge on any atom is 0.293 e. The topological polar surface area (TPSA) is 55.1 Å². The van der Waals surface area contributed by atoms with Crippen LogP contribution < -0.4 is 5.32 Å². The van der Waals surface area contributed by atoms with Crippen molar-refractivity contribution in [1.82, 2.24) is 4.98 Å². The summed E-state index contributed by atoms with van der Waals surface area (Å²) in [5.41, 5.74) is 4.09. The standard InChI is InChI=1S/C24H22N2O2S/c27-23(22-14-19-8-4-5-9-21(19)28-22)26-24-25-20(15-29-24)18-12-10-17(11-13-18)16-6-2-1-3-7-16/h4-5,8-16H,1-3,6-7H2,(H,25,26,27). The van der Waals surface area contributed by atoms with Crippen LogP contribution >= 0.6 is 11.3 Å². The first-order valence-corrected chi connectivity index (χ1v) is 11.0. The summed E-state index contributed by atoms with van der Waals surface area (Å²) in [7, 11) is 0. The second kappa shape index (κ2) is 7.84. The molecule has 5 heteroatoms. The van der Waals surface area contributed by atoms with Crippen LogP contribution in [0.15, 0.2) is 64.4 Å². The third kappa shape index (κ3) is 3.83. The molecule has 2 aromatic carbocycles. The molecule has 4 aromatic rings. The van der Waals surface area contributed by atoms with Gasteiger partial charge in [0.25, 0.3) is 5.91 Å². The summed E-state index contributed by atoms with van der Waals surface area (Å²) in [5.74, 6) is 0.710. The van der Waals surface area contributed by atoms with Gasteiger partial charge in [0.2, 0.25) is 0 Å². The highest BCUT2D eigenvalue weighted by atomic mass is 32.1. The lowest BCUT2D eigenvalue weighted by molar-refractivity contribution is 0.0998. The predicted molar refractivity (Wildman–Crippen MR) is 118 cm³/mol. The molecule has 0 atom stereocenters. The molecule has 4 nitrogen and oxygen atoms in total. The van der Waals surface area contributed by atoms with Gasteiger partial charge in [-0.25, -0.2) is 4.98 Å². The maximum absolute atomic E-state index is 12.5. The number of nitrogens with one attached hydrogen (secondary N) is 1. The SMILES string of the molecule is O=C(Nc1nc(-c2ccc(C3CCCCC3)cc2)cs1)c1cc2ccccc2o1. The van der Waals surface area contributed by atoms with Crippen molar-refractivity contribution in [2.24, 2.45) is 0 Å². The van der Waals surface area contributed by atoms with Crippen molar-refractivity contribution in [3.8, 4) is 11.3 Å². The van der Waals surface area contributed by atoms with Crippen LogP contribution in [-0.4, -0.2) is 10.9 Å². The Kier molecular flexibility index (Phi) is 4.90. The van der Waals surface area contributed by atoms with E-state index >= 15 is 0 Å². The van der Waals surface area contributed by atoms with Crippen molar-refractivity contribution in [2.75, 3.05) is 5.32 Å². The Morgan fingerprint density at radius 1 is 1.03 bits per heavy atom. The Morgan fingerprint density at radius 2 is 1.83 bits per heavy atom. The molecule has 2 heterocycles. The highest BCUT2D eigenvalue weighted by Crippen LogP contribution is 2.34. The quantitative estimate of drug-likeness (QED) is 0.406. The van der Waals surface area contributed by atoms with Gasteiger partial charge in [0, 0.05) is 16.3 Å². The number of anilines is 1. The average Bonchev–Trinajstić information content (AvgIpc) is 3.41. The maximum atomic E-state index is 12.5. The number of thiazole rings is 1. The zero-order valence-corrected chi connectivity index (χ0v) is 16.9. The van der Waals surface area contributed by atoms with E-state index in [1.165, 1.54) is 49.0 Å². The molecule has 1 amide bonds. The molecule has 2 aromatic heterocycles. The number of hydrogen-bond acceptors (Lipinski definition) is 4. The van der Waals surface area contributed by atoms with Gasteiger partial charge in [0.05, 0.1) is 5.69 Å². The van der Waals surface area contributed by atoms with Crippen LogP contribution in [0, 0.1) is 0 Å². The molecule has 1 saturated carbocycles. The second-order valence-corrected chi connectivity index (χ2v) is 8.46. The zero-order valence-electron chi connectivity index (χ0n) is 16.1. The molecule has 1 aliphatic carbocycles. The van der Waals surface area contributed by atoms with E-state index in [1.807, 2.05) is 29.6 Å². The van der Waals surface area contributed by atoms with Crippen LogP contribution in [0.5, 0.6) is 0 Å². The third-order valence-corrected chi connectivity index (χ3v) is 6.41. The number of benzene rings is 2. The molecule has 0 aliphatic heterocycles. The van der Waals surface area contributed by atoms with Gasteiger partial charge >= 0.3 is 0 Å². The lowest BCUT2D eigenvalue weighted by atomic mass is 9.84. The second-order valence-electron chi connectivity index (χ2n) is 7.60. The Bertz CT molecular complexity index is 1100. The number of aromatic nitrogens is 1. The van der Waals surface area contributed by atoms with Gasteiger partial charge in [0.15, 0.2) is 10.9 Å². The van der Waals surface area contributed by atoms with E-state index in [1.54, 1.807) is 6.07 Å². The number of carbonyl (C=O) groups excluding carboxylic acids is 1. The zero-order chi connectivity index (χ0) is 19.6. The summed E-state index contributed by atoms with van der Waals surface area (Å²) in [6.07, 6.45) is 6.65. The van der Waals surface area contributed by atoms with E-state index in [0.29, 0.717) is 22.4 Å². The molecule has 0 bridgehead atoms. The van der Waals surface area contributed by atoms with Gasteiger partial charge in [-0.05, 0) is 36.5 Å². The van der Waals surface area contributed by atoms with Crippen molar-refractivity contribution < 1.29 is 9.21 Å². The van der Waals surface area contributed by atoms with E-state index in [9.17, 15) is 4.79 Å². The number of para-hydroxylation sites is 1. The van der Waals surface area contributed by atoms with Crippen molar-refractivity contribution in [3.05, 3.63) is 71.3 Å². The van der Waals surface area contributed by atoms with Gasteiger partial charge in [-0.3, -0.25) is 10.1 Å². The highest BCUT2D eigenvalue weighted by molar-refractivity contribution is 7.14. The number of nitrogens with zero attached hydrogens (tertiary/aromatic N) is 1. The van der Waals surface area contributed by atoms with Gasteiger partial charge < -0.3 is 4.42 Å². The molecule has 146 valence electrons. The van der Waals surface area contributed by atoms with Crippen LogP contribution in [0.25, 0.3) is 22.2 Å². The molecule has 1 N–H and O–H groups in total. The number of hydrogen-bond donors (Lipinski definition) is 1. The number of carbonyl (C=O) groups is 1. The monoisotopic (exact) mass is 402 g/mol. The molecule has 1 fully saturated rings. The summed E-state index contributed by atoms with van der Waals surface area (Å²) in [4.78, 5) is 17.1. The third-order valence-electron chi connectivity index (χ3n) is 5.66. The first kappa shape index (κ1) is 18.1.